The molecule has 28 heavy (non-hydrogen) atoms. The quantitative estimate of drug-likeness (QED) is 0.580. The number of benzene rings is 3. The van der Waals surface area contributed by atoms with Crippen LogP contribution >= 0.6 is 0 Å². The van der Waals surface area contributed by atoms with Crippen molar-refractivity contribution < 1.29 is 9.21 Å². The van der Waals surface area contributed by atoms with Crippen LogP contribution < -0.4 is 10.9 Å². The number of amides is 1. The molecule has 0 aliphatic heterocycles. The maximum atomic E-state index is 12.6. The Morgan fingerprint density at radius 1 is 0.964 bits per heavy atom. The minimum atomic E-state index is -0.454. The van der Waals surface area contributed by atoms with Crippen molar-refractivity contribution in [1.82, 2.24) is 4.98 Å². The number of aryl methyl sites for hydroxylation is 1. The van der Waals surface area contributed by atoms with Gasteiger partial charge in [0, 0.05) is 17.7 Å². The molecule has 0 aliphatic rings. The zero-order chi connectivity index (χ0) is 19.5. The Labute approximate surface area is 161 Å². The summed E-state index contributed by atoms with van der Waals surface area (Å²) in [4.78, 5) is 29.5. The number of fused-ring (bicyclic) bond motifs is 1. The number of aromatic nitrogens is 1. The van der Waals surface area contributed by atoms with Gasteiger partial charge in [0.1, 0.15) is 0 Å². The summed E-state index contributed by atoms with van der Waals surface area (Å²) in [5.41, 5.74) is 2.86. The van der Waals surface area contributed by atoms with E-state index in [1.165, 1.54) is 0 Å². The van der Waals surface area contributed by atoms with Crippen molar-refractivity contribution in [3.63, 3.8) is 0 Å². The van der Waals surface area contributed by atoms with Crippen LogP contribution in [0.15, 0.2) is 82.0 Å². The Kier molecular flexibility index (Phi) is 4.72. The molecule has 4 rings (SSSR count). The molecule has 0 aliphatic carbocycles. The van der Waals surface area contributed by atoms with Gasteiger partial charge in [-0.3, -0.25) is 4.79 Å². The van der Waals surface area contributed by atoms with Crippen LogP contribution in [0.4, 0.5) is 5.69 Å². The van der Waals surface area contributed by atoms with Crippen LogP contribution in [0.2, 0.25) is 0 Å². The summed E-state index contributed by atoms with van der Waals surface area (Å²) in [5.74, 6) is 0.130. The minimum absolute atomic E-state index is 0.235. The van der Waals surface area contributed by atoms with Crippen LogP contribution in [0.3, 0.4) is 0 Å². The third-order valence-corrected chi connectivity index (χ3v) is 4.59. The van der Waals surface area contributed by atoms with Crippen LogP contribution in [0.1, 0.15) is 27.4 Å². The van der Waals surface area contributed by atoms with Gasteiger partial charge in [-0.1, -0.05) is 48.5 Å². The molecule has 1 amide bonds. The first-order valence-corrected chi connectivity index (χ1v) is 8.95. The van der Waals surface area contributed by atoms with E-state index in [9.17, 15) is 9.59 Å². The molecule has 4 aromatic rings. The van der Waals surface area contributed by atoms with Crippen LogP contribution in [0.5, 0.6) is 0 Å². The van der Waals surface area contributed by atoms with Gasteiger partial charge < -0.3 is 9.73 Å². The zero-order valence-electron chi connectivity index (χ0n) is 15.3. The van der Waals surface area contributed by atoms with E-state index in [1.54, 1.807) is 43.3 Å². The Hall–Kier alpha value is -3.73. The molecule has 0 radical (unpaired) electrons. The first-order valence-electron chi connectivity index (χ1n) is 8.95. The molecule has 0 fully saturated rings. The highest BCUT2D eigenvalue weighted by atomic mass is 16.4. The predicted octanol–water partition coefficient (Wildman–Crippen LogP) is 4.34. The molecule has 0 saturated carbocycles. The van der Waals surface area contributed by atoms with Gasteiger partial charge in [0.15, 0.2) is 0 Å². The Bertz CT molecular complexity index is 1200. The molecule has 0 unspecified atom stereocenters. The van der Waals surface area contributed by atoms with Gasteiger partial charge in [0.25, 0.3) is 5.91 Å². The van der Waals surface area contributed by atoms with Gasteiger partial charge >= 0.3 is 5.63 Å². The predicted molar refractivity (Wildman–Crippen MR) is 109 cm³/mol. The molecule has 0 saturated heterocycles. The minimum Gasteiger partial charge on any atom is -0.408 e. The third-order valence-electron chi connectivity index (χ3n) is 4.59. The van der Waals surface area contributed by atoms with Crippen molar-refractivity contribution in [3.05, 3.63) is 106 Å². The fourth-order valence-electron chi connectivity index (χ4n) is 3.13. The maximum Gasteiger partial charge on any atom is 0.347 e. The average molecular weight is 370 g/mol. The summed E-state index contributed by atoms with van der Waals surface area (Å²) in [7, 11) is 0. The SMILES string of the molecule is Cc1c(NC(=O)c2ccccc2)ccc2nc(Cc3ccccc3)oc(=O)c12. The lowest BCUT2D eigenvalue weighted by molar-refractivity contribution is 0.102. The molecule has 5 nitrogen and oxygen atoms in total. The standard InChI is InChI=1S/C23H18N2O3/c1-15-18(25-22(26)17-10-6-3-7-11-17)12-13-19-21(15)23(27)28-20(24-19)14-16-8-4-2-5-9-16/h2-13H,14H2,1H3,(H,25,26). The summed E-state index contributed by atoms with van der Waals surface area (Å²) < 4.78 is 5.44. The van der Waals surface area contributed by atoms with Gasteiger partial charge in [-0.25, -0.2) is 9.78 Å². The highest BCUT2D eigenvalue weighted by Gasteiger charge is 2.14. The molecule has 3 aromatic carbocycles. The van der Waals surface area contributed by atoms with E-state index in [0.29, 0.717) is 40.0 Å². The molecule has 1 heterocycles. The molecule has 138 valence electrons. The van der Waals surface area contributed by atoms with Crippen molar-refractivity contribution >= 4 is 22.5 Å². The Morgan fingerprint density at radius 2 is 1.64 bits per heavy atom. The number of carbonyl (C=O) groups excluding carboxylic acids is 1. The van der Waals surface area contributed by atoms with Crippen LogP contribution in [-0.2, 0) is 6.42 Å². The number of anilines is 1. The molecular formula is C23H18N2O3. The molecule has 1 aromatic heterocycles. The number of rotatable bonds is 4. The van der Waals surface area contributed by atoms with Gasteiger partial charge in [-0.15, -0.1) is 0 Å². The zero-order valence-corrected chi connectivity index (χ0v) is 15.3. The average Bonchev–Trinajstić information content (AvgIpc) is 2.71. The van der Waals surface area contributed by atoms with Crippen LogP contribution in [0.25, 0.3) is 10.9 Å². The number of nitrogens with one attached hydrogen (secondary N) is 1. The van der Waals surface area contributed by atoms with Gasteiger partial charge in [-0.05, 0) is 42.3 Å². The fraction of sp³-hybridized carbons (Fsp3) is 0.0870. The lowest BCUT2D eigenvalue weighted by Gasteiger charge is -2.11. The van der Waals surface area contributed by atoms with E-state index in [4.69, 9.17) is 4.42 Å². The van der Waals surface area contributed by atoms with E-state index >= 15 is 0 Å². The lowest BCUT2D eigenvalue weighted by Crippen LogP contribution is -2.14. The maximum absolute atomic E-state index is 12.6. The summed E-state index contributed by atoms with van der Waals surface area (Å²) in [5, 5.41) is 3.23. The molecule has 5 heteroatoms. The van der Waals surface area contributed by atoms with Gasteiger partial charge in [0.2, 0.25) is 5.89 Å². The molecule has 1 N–H and O–H groups in total. The first-order chi connectivity index (χ1) is 13.6. The van der Waals surface area contributed by atoms with Crippen LogP contribution in [-0.4, -0.2) is 10.9 Å². The molecule has 0 atom stereocenters. The molecule has 0 spiro atoms. The number of carbonyl (C=O) groups is 1. The largest absolute Gasteiger partial charge is 0.408 e. The van der Waals surface area contributed by atoms with Crippen molar-refractivity contribution in [2.24, 2.45) is 0 Å². The van der Waals surface area contributed by atoms with Gasteiger partial charge in [-0.2, -0.15) is 0 Å². The normalized spacial score (nSPS) is 10.8. The second kappa shape index (κ2) is 7.48. The second-order valence-electron chi connectivity index (χ2n) is 6.51. The van der Waals surface area contributed by atoms with E-state index in [-0.39, 0.29) is 5.91 Å². The molecular weight excluding hydrogens is 352 g/mol. The first kappa shape index (κ1) is 17.7. The van der Waals surface area contributed by atoms with Crippen molar-refractivity contribution in [2.75, 3.05) is 5.32 Å². The van der Waals surface area contributed by atoms with Gasteiger partial charge in [0.05, 0.1) is 10.9 Å². The monoisotopic (exact) mass is 370 g/mol. The van der Waals surface area contributed by atoms with E-state index in [0.717, 1.165) is 5.56 Å². The Morgan fingerprint density at radius 3 is 2.36 bits per heavy atom. The summed E-state index contributed by atoms with van der Waals surface area (Å²) in [6, 6.07) is 22.1. The van der Waals surface area contributed by atoms with E-state index in [1.807, 2.05) is 36.4 Å². The van der Waals surface area contributed by atoms with Crippen molar-refractivity contribution in [2.45, 2.75) is 13.3 Å². The van der Waals surface area contributed by atoms with Crippen molar-refractivity contribution in [3.8, 4) is 0 Å². The summed E-state index contributed by atoms with van der Waals surface area (Å²) in [6.45, 7) is 1.78. The summed E-state index contributed by atoms with van der Waals surface area (Å²) >= 11 is 0. The second-order valence-corrected chi connectivity index (χ2v) is 6.51. The Balaban J connectivity index is 1.67. The number of hydrogen-bond acceptors (Lipinski definition) is 4. The lowest BCUT2D eigenvalue weighted by atomic mass is 10.1. The van der Waals surface area contributed by atoms with Crippen LogP contribution in [0, 0.1) is 6.92 Å². The highest BCUT2D eigenvalue weighted by Crippen LogP contribution is 2.23. The smallest absolute Gasteiger partial charge is 0.347 e. The highest BCUT2D eigenvalue weighted by molar-refractivity contribution is 6.05. The number of nitrogens with zero attached hydrogens (tertiary/aromatic N) is 1. The fourth-order valence-corrected chi connectivity index (χ4v) is 3.13. The molecule has 0 bridgehead atoms. The van der Waals surface area contributed by atoms with E-state index < -0.39 is 5.63 Å². The van der Waals surface area contributed by atoms with E-state index in [2.05, 4.69) is 10.3 Å². The number of hydrogen-bond donors (Lipinski definition) is 1. The topological polar surface area (TPSA) is 72.2 Å². The van der Waals surface area contributed by atoms with Crippen molar-refractivity contribution in [1.29, 1.82) is 0 Å². The summed E-state index contributed by atoms with van der Waals surface area (Å²) in [6.07, 6.45) is 0.442. The third kappa shape index (κ3) is 3.55.